The Morgan fingerprint density at radius 3 is 2.41 bits per heavy atom. The van der Waals surface area contributed by atoms with E-state index in [4.69, 9.17) is 10.9 Å². The molecule has 0 unspecified atom stereocenters. The van der Waals surface area contributed by atoms with Gasteiger partial charge in [0.25, 0.3) is 0 Å². The van der Waals surface area contributed by atoms with Crippen LogP contribution >= 0.6 is 0 Å². The minimum atomic E-state index is -4.31. The highest BCUT2D eigenvalue weighted by molar-refractivity contribution is 6.07. The van der Waals surface area contributed by atoms with Crippen LogP contribution in [-0.4, -0.2) is 29.7 Å². The number of halogens is 3. The summed E-state index contributed by atoms with van der Waals surface area (Å²) in [5.41, 5.74) is 4.26. The van der Waals surface area contributed by atoms with E-state index in [2.05, 4.69) is 10.5 Å². The normalized spacial score (nSPS) is 19.6. The Balaban J connectivity index is 2.52. The van der Waals surface area contributed by atoms with Crippen LogP contribution in [0.1, 0.15) is 25.7 Å². The van der Waals surface area contributed by atoms with E-state index in [1.54, 1.807) is 0 Å². The number of alkyl halides is 3. The SMILES string of the molecule is NC(=NO)C1(C(=O)NCCC(F)(F)F)CCC1. The van der Waals surface area contributed by atoms with Gasteiger partial charge in [-0.2, -0.15) is 13.2 Å². The molecular weight excluding hydrogens is 239 g/mol. The van der Waals surface area contributed by atoms with Crippen molar-refractivity contribution in [2.24, 2.45) is 16.3 Å². The van der Waals surface area contributed by atoms with Gasteiger partial charge in [0, 0.05) is 6.54 Å². The van der Waals surface area contributed by atoms with Gasteiger partial charge in [0.15, 0.2) is 5.84 Å². The summed E-state index contributed by atoms with van der Waals surface area (Å²) >= 11 is 0. The fourth-order valence-electron chi connectivity index (χ4n) is 1.71. The minimum Gasteiger partial charge on any atom is -0.409 e. The molecule has 1 aliphatic rings. The maximum absolute atomic E-state index is 11.9. The molecule has 0 aromatic heterocycles. The third-order valence-corrected chi connectivity index (χ3v) is 2.93. The Hall–Kier alpha value is -1.47. The Morgan fingerprint density at radius 1 is 1.47 bits per heavy atom. The molecule has 0 aromatic carbocycles. The van der Waals surface area contributed by atoms with Crippen LogP contribution in [-0.2, 0) is 4.79 Å². The summed E-state index contributed by atoms with van der Waals surface area (Å²) in [6, 6.07) is 0. The molecule has 0 aromatic rings. The molecule has 0 aliphatic heterocycles. The zero-order valence-corrected chi connectivity index (χ0v) is 9.05. The maximum Gasteiger partial charge on any atom is 0.390 e. The monoisotopic (exact) mass is 253 g/mol. The number of nitrogens with zero attached hydrogens (tertiary/aromatic N) is 1. The van der Waals surface area contributed by atoms with Crippen molar-refractivity contribution in [1.82, 2.24) is 5.32 Å². The number of amidine groups is 1. The van der Waals surface area contributed by atoms with Gasteiger partial charge in [-0.1, -0.05) is 11.6 Å². The van der Waals surface area contributed by atoms with E-state index in [1.165, 1.54) is 0 Å². The van der Waals surface area contributed by atoms with Gasteiger partial charge in [0.2, 0.25) is 5.91 Å². The van der Waals surface area contributed by atoms with Crippen LogP contribution in [0.15, 0.2) is 5.16 Å². The Labute approximate surface area is 95.8 Å². The van der Waals surface area contributed by atoms with Gasteiger partial charge in [-0.3, -0.25) is 4.79 Å². The molecule has 1 fully saturated rings. The molecule has 5 nitrogen and oxygen atoms in total. The van der Waals surface area contributed by atoms with Crippen LogP contribution in [0.25, 0.3) is 0 Å². The van der Waals surface area contributed by atoms with Gasteiger partial charge in [-0.25, -0.2) is 0 Å². The molecule has 1 aliphatic carbocycles. The van der Waals surface area contributed by atoms with Crippen molar-refractivity contribution in [3.63, 3.8) is 0 Å². The van der Waals surface area contributed by atoms with Gasteiger partial charge in [-0.05, 0) is 12.8 Å². The fourth-order valence-corrected chi connectivity index (χ4v) is 1.71. The first-order valence-electron chi connectivity index (χ1n) is 5.15. The second-order valence-electron chi connectivity index (χ2n) is 4.04. The van der Waals surface area contributed by atoms with Gasteiger partial charge < -0.3 is 16.3 Å². The molecule has 0 bridgehead atoms. The molecule has 1 saturated carbocycles. The number of nitrogens with one attached hydrogen (secondary N) is 1. The lowest BCUT2D eigenvalue weighted by Gasteiger charge is -2.38. The van der Waals surface area contributed by atoms with Gasteiger partial charge in [0.05, 0.1) is 6.42 Å². The maximum atomic E-state index is 11.9. The average molecular weight is 253 g/mol. The molecule has 1 amide bonds. The number of hydrogen-bond acceptors (Lipinski definition) is 3. The van der Waals surface area contributed by atoms with E-state index in [9.17, 15) is 18.0 Å². The molecule has 0 radical (unpaired) electrons. The summed E-state index contributed by atoms with van der Waals surface area (Å²) in [4.78, 5) is 11.7. The number of rotatable bonds is 4. The van der Waals surface area contributed by atoms with Crippen molar-refractivity contribution >= 4 is 11.7 Å². The quantitative estimate of drug-likeness (QED) is 0.302. The summed E-state index contributed by atoms with van der Waals surface area (Å²) in [6.45, 7) is -0.497. The second-order valence-corrected chi connectivity index (χ2v) is 4.04. The van der Waals surface area contributed by atoms with Crippen molar-refractivity contribution in [2.45, 2.75) is 31.9 Å². The topological polar surface area (TPSA) is 87.7 Å². The number of oxime groups is 1. The van der Waals surface area contributed by atoms with E-state index in [1.807, 2.05) is 0 Å². The van der Waals surface area contributed by atoms with Crippen LogP contribution in [0.3, 0.4) is 0 Å². The van der Waals surface area contributed by atoms with Crippen molar-refractivity contribution in [2.75, 3.05) is 6.54 Å². The lowest BCUT2D eigenvalue weighted by Crippen LogP contribution is -2.54. The first kappa shape index (κ1) is 13.6. The predicted molar refractivity (Wildman–Crippen MR) is 53.4 cm³/mol. The Morgan fingerprint density at radius 2 is 2.06 bits per heavy atom. The first-order chi connectivity index (χ1) is 7.82. The lowest BCUT2D eigenvalue weighted by atomic mass is 9.67. The van der Waals surface area contributed by atoms with Crippen LogP contribution in [0.5, 0.6) is 0 Å². The van der Waals surface area contributed by atoms with Crippen LogP contribution in [0.2, 0.25) is 0 Å². The molecule has 8 heteroatoms. The molecule has 0 saturated heterocycles. The Kier molecular flexibility index (Phi) is 3.84. The standard InChI is InChI=1S/C9H14F3N3O2/c10-9(11,12)4-5-14-7(16)8(2-1-3-8)6(13)15-17/h17H,1-5H2,(H2,13,15)(H,14,16). The fraction of sp³-hybridized carbons (Fsp3) is 0.778. The zero-order valence-electron chi connectivity index (χ0n) is 9.05. The largest absolute Gasteiger partial charge is 0.409 e. The molecule has 0 heterocycles. The van der Waals surface area contributed by atoms with Gasteiger partial charge in [-0.15, -0.1) is 0 Å². The summed E-state index contributed by atoms with van der Waals surface area (Å²) in [5, 5.41) is 13.5. The van der Waals surface area contributed by atoms with Gasteiger partial charge in [0.1, 0.15) is 5.41 Å². The first-order valence-corrected chi connectivity index (χ1v) is 5.15. The molecule has 1 rings (SSSR count). The van der Waals surface area contributed by atoms with E-state index in [-0.39, 0.29) is 5.84 Å². The number of carbonyl (C=O) groups is 1. The summed E-state index contributed by atoms with van der Waals surface area (Å²) < 4.78 is 35.7. The van der Waals surface area contributed by atoms with E-state index >= 15 is 0 Å². The highest BCUT2D eigenvalue weighted by Gasteiger charge is 2.48. The van der Waals surface area contributed by atoms with Crippen molar-refractivity contribution in [3.05, 3.63) is 0 Å². The third-order valence-electron chi connectivity index (χ3n) is 2.93. The summed E-state index contributed by atoms with van der Waals surface area (Å²) in [7, 11) is 0. The van der Waals surface area contributed by atoms with Gasteiger partial charge >= 0.3 is 6.18 Å². The minimum absolute atomic E-state index is 0.242. The molecule has 17 heavy (non-hydrogen) atoms. The number of carbonyl (C=O) groups excluding carboxylic acids is 1. The van der Waals surface area contributed by atoms with E-state index < -0.39 is 30.5 Å². The van der Waals surface area contributed by atoms with Crippen LogP contribution in [0, 0.1) is 5.41 Å². The highest BCUT2D eigenvalue weighted by Crippen LogP contribution is 2.41. The third kappa shape index (κ3) is 3.01. The van der Waals surface area contributed by atoms with E-state index in [0.29, 0.717) is 12.8 Å². The van der Waals surface area contributed by atoms with Crippen molar-refractivity contribution in [1.29, 1.82) is 0 Å². The molecule has 98 valence electrons. The Bertz CT molecular complexity index is 324. The number of hydrogen-bond donors (Lipinski definition) is 3. The molecule has 0 spiro atoms. The van der Waals surface area contributed by atoms with Crippen LogP contribution in [0.4, 0.5) is 13.2 Å². The second kappa shape index (κ2) is 4.80. The van der Waals surface area contributed by atoms with Crippen LogP contribution < -0.4 is 11.1 Å². The molecule has 4 N–H and O–H groups in total. The number of amides is 1. The zero-order chi connectivity index (χ0) is 13.1. The highest BCUT2D eigenvalue weighted by atomic mass is 19.4. The molecular formula is C9H14F3N3O2. The average Bonchev–Trinajstić information content (AvgIpc) is 2.13. The lowest BCUT2D eigenvalue weighted by molar-refractivity contribution is -0.138. The number of nitrogens with two attached hydrogens (primary N) is 1. The molecule has 0 atom stereocenters. The summed E-state index contributed by atoms with van der Waals surface area (Å²) in [6.07, 6.45) is -3.90. The predicted octanol–water partition coefficient (Wildman–Crippen LogP) is 0.972. The summed E-state index contributed by atoms with van der Waals surface area (Å²) in [5.74, 6) is -0.850. The van der Waals surface area contributed by atoms with Crippen molar-refractivity contribution < 1.29 is 23.2 Å². The van der Waals surface area contributed by atoms with E-state index in [0.717, 1.165) is 6.42 Å². The van der Waals surface area contributed by atoms with Crippen molar-refractivity contribution in [3.8, 4) is 0 Å². The smallest absolute Gasteiger partial charge is 0.390 e.